The van der Waals surface area contributed by atoms with Gasteiger partial charge < -0.3 is 19.4 Å². The Labute approximate surface area is 184 Å². The summed E-state index contributed by atoms with van der Waals surface area (Å²) in [5.74, 6) is 0. The molecule has 2 fully saturated rings. The molecule has 0 N–H and O–H groups in total. The van der Waals surface area contributed by atoms with E-state index in [0.29, 0.717) is 68.9 Å². The number of benzene rings is 1. The maximum Gasteiger partial charge on any atom is 0.320 e. The van der Waals surface area contributed by atoms with Crippen LogP contribution in [0.25, 0.3) is 5.69 Å². The van der Waals surface area contributed by atoms with Crippen LogP contribution in [0.5, 0.6) is 0 Å². The molecule has 1 aromatic carbocycles. The summed E-state index contributed by atoms with van der Waals surface area (Å²) in [5.41, 5.74) is 1.65. The van der Waals surface area contributed by atoms with E-state index in [9.17, 15) is 9.59 Å². The van der Waals surface area contributed by atoms with Crippen LogP contribution in [0, 0.1) is 6.92 Å². The number of ether oxygens (including phenoxy) is 1. The largest absolute Gasteiger partial charge is 0.378 e. The van der Waals surface area contributed by atoms with Gasteiger partial charge in [-0.3, -0.25) is 4.79 Å². The lowest BCUT2D eigenvalue weighted by Crippen LogP contribution is -2.55. The number of anilines is 1. The molecule has 2 aliphatic rings. The molecule has 4 rings (SSSR count). The zero-order chi connectivity index (χ0) is 21.3. The highest BCUT2D eigenvalue weighted by atomic mass is 35.5. The number of carbonyl (C=O) groups excluding carboxylic acids is 1. The molecular weight excluding hydrogens is 429 g/mol. The van der Waals surface area contributed by atoms with E-state index < -0.39 is 5.56 Å². The molecule has 1 aromatic heterocycles. The topological polar surface area (TPSA) is 70.9 Å². The quantitative estimate of drug-likeness (QED) is 0.700. The lowest BCUT2D eigenvalue weighted by molar-refractivity contribution is 0.0428. The molecule has 160 valence electrons. The summed E-state index contributed by atoms with van der Waals surface area (Å²) in [4.78, 5) is 31.1. The molecule has 8 nitrogen and oxygen atoms in total. The number of piperazine rings is 1. The van der Waals surface area contributed by atoms with Crippen LogP contribution >= 0.6 is 23.2 Å². The van der Waals surface area contributed by atoms with Crippen molar-refractivity contribution in [1.82, 2.24) is 19.6 Å². The highest BCUT2D eigenvalue weighted by Crippen LogP contribution is 2.24. The molecule has 0 radical (unpaired) electrons. The van der Waals surface area contributed by atoms with Gasteiger partial charge in [-0.2, -0.15) is 9.78 Å². The third-order valence-corrected chi connectivity index (χ3v) is 6.24. The van der Waals surface area contributed by atoms with E-state index in [1.165, 1.54) is 4.68 Å². The van der Waals surface area contributed by atoms with Crippen LogP contribution in [-0.2, 0) is 4.74 Å². The Balaban J connectivity index is 1.47. The molecule has 0 aliphatic carbocycles. The monoisotopic (exact) mass is 451 g/mol. The zero-order valence-corrected chi connectivity index (χ0v) is 18.2. The first-order chi connectivity index (χ1) is 14.5. The van der Waals surface area contributed by atoms with Crippen molar-refractivity contribution < 1.29 is 9.53 Å². The standard InChI is InChI=1S/C20H23Cl2N5O3/c1-14-2-3-15(12-16(14)21)27-19(28)18(22)17(13-23-27)24-4-6-25(7-5-24)20(29)26-8-10-30-11-9-26/h2-3,12-13H,4-11H2,1H3. The zero-order valence-electron chi connectivity index (χ0n) is 16.7. The van der Waals surface area contributed by atoms with Gasteiger partial charge in [0.2, 0.25) is 0 Å². The van der Waals surface area contributed by atoms with Crippen LogP contribution < -0.4 is 10.5 Å². The van der Waals surface area contributed by atoms with Gasteiger partial charge in [-0.1, -0.05) is 29.3 Å². The minimum atomic E-state index is -0.402. The van der Waals surface area contributed by atoms with E-state index >= 15 is 0 Å². The minimum Gasteiger partial charge on any atom is -0.378 e. The molecular formula is C20H23Cl2N5O3. The summed E-state index contributed by atoms with van der Waals surface area (Å²) >= 11 is 12.6. The van der Waals surface area contributed by atoms with Gasteiger partial charge in [0.25, 0.3) is 5.56 Å². The van der Waals surface area contributed by atoms with E-state index in [2.05, 4.69) is 5.10 Å². The SMILES string of the molecule is Cc1ccc(-n2ncc(N3CCN(C(=O)N4CCOCC4)CC3)c(Cl)c2=O)cc1Cl. The third-order valence-electron chi connectivity index (χ3n) is 5.47. The van der Waals surface area contributed by atoms with Gasteiger partial charge in [-0.05, 0) is 24.6 Å². The predicted octanol–water partition coefficient (Wildman–Crippen LogP) is 2.42. The number of hydrogen-bond donors (Lipinski definition) is 0. The Morgan fingerprint density at radius 2 is 1.70 bits per heavy atom. The van der Waals surface area contributed by atoms with Crippen LogP contribution in [0.2, 0.25) is 10.0 Å². The second-order valence-corrected chi connectivity index (χ2v) is 8.14. The Bertz CT molecular complexity index is 998. The van der Waals surface area contributed by atoms with Crippen molar-refractivity contribution in [3.05, 3.63) is 50.4 Å². The average Bonchev–Trinajstić information content (AvgIpc) is 2.78. The summed E-state index contributed by atoms with van der Waals surface area (Å²) in [6, 6.07) is 5.34. The Morgan fingerprint density at radius 3 is 2.37 bits per heavy atom. The predicted molar refractivity (Wildman–Crippen MR) is 116 cm³/mol. The third kappa shape index (κ3) is 4.12. The van der Waals surface area contributed by atoms with Crippen molar-refractivity contribution in [2.75, 3.05) is 57.4 Å². The number of carbonyl (C=O) groups is 1. The smallest absolute Gasteiger partial charge is 0.320 e. The molecule has 0 unspecified atom stereocenters. The maximum atomic E-state index is 12.8. The molecule has 2 aliphatic heterocycles. The van der Waals surface area contributed by atoms with Crippen molar-refractivity contribution in [3.8, 4) is 5.69 Å². The Kier molecular flexibility index (Phi) is 6.17. The number of amides is 2. The number of halogens is 2. The summed E-state index contributed by atoms with van der Waals surface area (Å²) in [5, 5.41) is 4.96. The highest BCUT2D eigenvalue weighted by molar-refractivity contribution is 6.33. The van der Waals surface area contributed by atoms with E-state index in [1.807, 2.05) is 27.7 Å². The van der Waals surface area contributed by atoms with Crippen LogP contribution in [0.1, 0.15) is 5.56 Å². The van der Waals surface area contributed by atoms with Crippen molar-refractivity contribution in [2.45, 2.75) is 6.92 Å². The van der Waals surface area contributed by atoms with E-state index in [4.69, 9.17) is 27.9 Å². The second kappa shape index (κ2) is 8.83. The molecule has 0 atom stereocenters. The maximum absolute atomic E-state index is 12.8. The number of nitrogens with zero attached hydrogens (tertiary/aromatic N) is 5. The number of hydrogen-bond acceptors (Lipinski definition) is 5. The fourth-order valence-corrected chi connectivity index (χ4v) is 4.06. The Morgan fingerprint density at radius 1 is 1.03 bits per heavy atom. The first-order valence-corrected chi connectivity index (χ1v) is 10.6. The van der Waals surface area contributed by atoms with Crippen LogP contribution in [0.15, 0.2) is 29.2 Å². The first kappa shape index (κ1) is 21.0. The summed E-state index contributed by atoms with van der Waals surface area (Å²) in [6.45, 7) is 6.57. The van der Waals surface area contributed by atoms with Crippen molar-refractivity contribution in [2.24, 2.45) is 0 Å². The number of aromatic nitrogens is 2. The summed E-state index contributed by atoms with van der Waals surface area (Å²) < 4.78 is 6.55. The second-order valence-electron chi connectivity index (χ2n) is 7.35. The molecule has 0 spiro atoms. The molecule has 0 saturated carbocycles. The van der Waals surface area contributed by atoms with Gasteiger partial charge in [0.1, 0.15) is 5.02 Å². The van der Waals surface area contributed by atoms with E-state index in [1.54, 1.807) is 18.3 Å². The average molecular weight is 452 g/mol. The van der Waals surface area contributed by atoms with Gasteiger partial charge in [0, 0.05) is 44.3 Å². The van der Waals surface area contributed by atoms with Crippen LogP contribution in [0.3, 0.4) is 0 Å². The molecule has 10 heteroatoms. The van der Waals surface area contributed by atoms with Gasteiger partial charge in [0.05, 0.1) is 30.8 Å². The molecule has 2 aromatic rings. The molecule has 30 heavy (non-hydrogen) atoms. The van der Waals surface area contributed by atoms with Gasteiger partial charge >= 0.3 is 6.03 Å². The van der Waals surface area contributed by atoms with Crippen molar-refractivity contribution in [3.63, 3.8) is 0 Å². The highest BCUT2D eigenvalue weighted by Gasteiger charge is 2.27. The number of rotatable bonds is 2. The summed E-state index contributed by atoms with van der Waals surface area (Å²) in [7, 11) is 0. The van der Waals surface area contributed by atoms with Crippen LogP contribution in [0.4, 0.5) is 10.5 Å². The van der Waals surface area contributed by atoms with Crippen LogP contribution in [-0.4, -0.2) is 78.1 Å². The molecule has 0 bridgehead atoms. The fraction of sp³-hybridized carbons (Fsp3) is 0.450. The van der Waals surface area contributed by atoms with Crippen molar-refractivity contribution >= 4 is 34.9 Å². The van der Waals surface area contributed by atoms with E-state index in [0.717, 1.165) is 5.56 Å². The molecule has 3 heterocycles. The number of morpholine rings is 1. The lowest BCUT2D eigenvalue weighted by Gasteiger charge is -2.39. The van der Waals surface area contributed by atoms with E-state index in [-0.39, 0.29) is 11.1 Å². The number of urea groups is 1. The Hall–Kier alpha value is -2.29. The van der Waals surface area contributed by atoms with Gasteiger partial charge in [0.15, 0.2) is 0 Å². The van der Waals surface area contributed by atoms with Crippen molar-refractivity contribution in [1.29, 1.82) is 0 Å². The number of aryl methyl sites for hydroxylation is 1. The molecule has 2 amide bonds. The minimum absolute atomic E-state index is 0.0360. The van der Waals surface area contributed by atoms with Gasteiger partial charge in [-0.25, -0.2) is 4.79 Å². The first-order valence-electron chi connectivity index (χ1n) is 9.86. The fourth-order valence-electron chi connectivity index (χ4n) is 3.64. The normalized spacial score (nSPS) is 17.4. The molecule has 2 saturated heterocycles. The van der Waals surface area contributed by atoms with Gasteiger partial charge in [-0.15, -0.1) is 0 Å². The summed E-state index contributed by atoms with van der Waals surface area (Å²) in [6.07, 6.45) is 1.59. The lowest BCUT2D eigenvalue weighted by atomic mass is 10.2.